The summed E-state index contributed by atoms with van der Waals surface area (Å²) in [5, 5.41) is 0. The van der Waals surface area contributed by atoms with Crippen LogP contribution >= 0.6 is 12.6 Å². The Morgan fingerprint density at radius 2 is 2.25 bits per heavy atom. The van der Waals surface area contributed by atoms with E-state index in [9.17, 15) is 4.79 Å². The standard InChI is InChI=1S/C9H11NOS/c1-6(11)5-7-8(10)3-2-4-9(7)12/h2-4,12H,5,10H2,1H3. The van der Waals surface area contributed by atoms with Crippen LogP contribution in [0.5, 0.6) is 0 Å². The van der Waals surface area contributed by atoms with E-state index >= 15 is 0 Å². The molecule has 1 aromatic carbocycles. The molecule has 0 fully saturated rings. The Morgan fingerprint density at radius 1 is 1.58 bits per heavy atom. The monoisotopic (exact) mass is 181 g/mol. The van der Waals surface area contributed by atoms with Crippen molar-refractivity contribution in [1.29, 1.82) is 0 Å². The Bertz CT molecular complexity index is 289. The summed E-state index contributed by atoms with van der Waals surface area (Å²) in [4.78, 5) is 11.6. The van der Waals surface area contributed by atoms with E-state index in [0.717, 1.165) is 10.5 Å². The molecule has 0 saturated carbocycles. The van der Waals surface area contributed by atoms with Gasteiger partial charge >= 0.3 is 0 Å². The molecule has 0 bridgehead atoms. The average molecular weight is 181 g/mol. The zero-order valence-corrected chi connectivity index (χ0v) is 7.77. The lowest BCUT2D eigenvalue weighted by molar-refractivity contribution is -0.116. The predicted octanol–water partition coefficient (Wildman–Crippen LogP) is 1.69. The van der Waals surface area contributed by atoms with Gasteiger partial charge in [-0.05, 0) is 24.6 Å². The molecule has 0 unspecified atom stereocenters. The lowest BCUT2D eigenvalue weighted by Gasteiger charge is -2.05. The van der Waals surface area contributed by atoms with E-state index in [4.69, 9.17) is 5.73 Å². The van der Waals surface area contributed by atoms with Gasteiger partial charge in [0.15, 0.2) is 0 Å². The number of rotatable bonds is 2. The Morgan fingerprint density at radius 3 is 2.75 bits per heavy atom. The van der Waals surface area contributed by atoms with Crippen LogP contribution in [0, 0.1) is 0 Å². The van der Waals surface area contributed by atoms with Crippen molar-refractivity contribution in [3.05, 3.63) is 23.8 Å². The number of carbonyl (C=O) groups excluding carboxylic acids is 1. The fourth-order valence-corrected chi connectivity index (χ4v) is 1.33. The summed E-state index contributed by atoms with van der Waals surface area (Å²) in [5.74, 6) is 0.100. The number of nitrogens with two attached hydrogens (primary N) is 1. The molecule has 2 N–H and O–H groups in total. The van der Waals surface area contributed by atoms with Crippen molar-refractivity contribution in [3.63, 3.8) is 0 Å². The number of benzene rings is 1. The van der Waals surface area contributed by atoms with Crippen LogP contribution in [0.2, 0.25) is 0 Å². The third kappa shape index (κ3) is 2.01. The molecule has 0 aliphatic rings. The van der Waals surface area contributed by atoms with Crippen molar-refractivity contribution >= 4 is 24.1 Å². The maximum atomic E-state index is 10.8. The quantitative estimate of drug-likeness (QED) is 0.538. The molecule has 2 nitrogen and oxygen atoms in total. The zero-order chi connectivity index (χ0) is 9.14. The number of carbonyl (C=O) groups is 1. The minimum atomic E-state index is 0.100. The maximum absolute atomic E-state index is 10.8. The first-order valence-electron chi connectivity index (χ1n) is 3.67. The van der Waals surface area contributed by atoms with E-state index in [2.05, 4.69) is 12.6 Å². The van der Waals surface area contributed by atoms with Crippen molar-refractivity contribution in [2.24, 2.45) is 0 Å². The molecule has 0 heterocycles. The molecule has 3 heteroatoms. The minimum Gasteiger partial charge on any atom is -0.398 e. The molecule has 64 valence electrons. The van der Waals surface area contributed by atoms with Gasteiger partial charge in [0.05, 0.1) is 0 Å². The van der Waals surface area contributed by atoms with Gasteiger partial charge in [0.2, 0.25) is 0 Å². The highest BCUT2D eigenvalue weighted by Crippen LogP contribution is 2.20. The first-order valence-corrected chi connectivity index (χ1v) is 4.11. The predicted molar refractivity (Wildman–Crippen MR) is 52.5 cm³/mol. The molecular formula is C9H11NOS. The highest BCUT2D eigenvalue weighted by Gasteiger charge is 2.05. The van der Waals surface area contributed by atoms with Gasteiger partial charge in [-0.25, -0.2) is 0 Å². The SMILES string of the molecule is CC(=O)Cc1c(N)cccc1S. The zero-order valence-electron chi connectivity index (χ0n) is 6.87. The summed E-state index contributed by atoms with van der Waals surface area (Å²) in [6.07, 6.45) is 0.367. The van der Waals surface area contributed by atoms with Crippen LogP contribution in [-0.4, -0.2) is 5.78 Å². The second-order valence-corrected chi connectivity index (χ2v) is 3.21. The average Bonchev–Trinajstić information content (AvgIpc) is 1.97. The number of nitrogen functional groups attached to an aromatic ring is 1. The molecule has 0 saturated heterocycles. The van der Waals surface area contributed by atoms with Gasteiger partial charge in [0.25, 0.3) is 0 Å². The largest absolute Gasteiger partial charge is 0.398 e. The summed E-state index contributed by atoms with van der Waals surface area (Å²) >= 11 is 4.21. The number of ketones is 1. The number of hydrogen-bond donors (Lipinski definition) is 2. The Kier molecular flexibility index (Phi) is 2.76. The van der Waals surface area contributed by atoms with Crippen LogP contribution in [-0.2, 0) is 11.2 Å². The number of thiol groups is 1. The molecule has 0 spiro atoms. The van der Waals surface area contributed by atoms with Crippen LogP contribution in [0.3, 0.4) is 0 Å². The van der Waals surface area contributed by atoms with Crippen molar-refractivity contribution in [2.75, 3.05) is 5.73 Å². The van der Waals surface area contributed by atoms with E-state index < -0.39 is 0 Å². The lowest BCUT2D eigenvalue weighted by Crippen LogP contribution is -2.01. The van der Waals surface area contributed by atoms with Crippen LogP contribution in [0.25, 0.3) is 0 Å². The van der Waals surface area contributed by atoms with E-state index in [-0.39, 0.29) is 5.78 Å². The number of Topliss-reactive ketones (excluding diaryl/α,β-unsaturated/α-hetero) is 1. The molecule has 0 aromatic heterocycles. The van der Waals surface area contributed by atoms with Gasteiger partial charge in [-0.1, -0.05) is 6.07 Å². The van der Waals surface area contributed by atoms with Gasteiger partial charge in [-0.3, -0.25) is 4.79 Å². The Labute approximate surface area is 77.2 Å². The van der Waals surface area contributed by atoms with E-state index in [1.165, 1.54) is 0 Å². The van der Waals surface area contributed by atoms with Gasteiger partial charge in [-0.2, -0.15) is 0 Å². The van der Waals surface area contributed by atoms with Gasteiger partial charge in [-0.15, -0.1) is 12.6 Å². The molecule has 0 aliphatic carbocycles. The molecule has 1 aromatic rings. The first-order chi connectivity index (χ1) is 5.61. The minimum absolute atomic E-state index is 0.100. The summed E-state index contributed by atoms with van der Waals surface area (Å²) in [6.45, 7) is 1.54. The molecule has 0 radical (unpaired) electrons. The molecule has 0 amide bonds. The first kappa shape index (κ1) is 9.13. The lowest BCUT2D eigenvalue weighted by atomic mass is 10.1. The fourth-order valence-electron chi connectivity index (χ4n) is 1.03. The van der Waals surface area contributed by atoms with Crippen molar-refractivity contribution in [3.8, 4) is 0 Å². The van der Waals surface area contributed by atoms with Crippen molar-refractivity contribution in [2.45, 2.75) is 18.2 Å². The number of hydrogen-bond acceptors (Lipinski definition) is 3. The second-order valence-electron chi connectivity index (χ2n) is 2.72. The summed E-state index contributed by atoms with van der Waals surface area (Å²) < 4.78 is 0. The van der Waals surface area contributed by atoms with Gasteiger partial charge < -0.3 is 5.73 Å². The third-order valence-corrected chi connectivity index (χ3v) is 2.03. The summed E-state index contributed by atoms with van der Waals surface area (Å²) in [7, 11) is 0. The molecule has 1 rings (SSSR count). The summed E-state index contributed by atoms with van der Waals surface area (Å²) in [5.41, 5.74) is 7.13. The van der Waals surface area contributed by atoms with Gasteiger partial charge in [0.1, 0.15) is 5.78 Å². The molecular weight excluding hydrogens is 170 g/mol. The normalized spacial score (nSPS) is 9.83. The van der Waals surface area contributed by atoms with Crippen molar-refractivity contribution < 1.29 is 4.79 Å². The van der Waals surface area contributed by atoms with Crippen LogP contribution in [0.1, 0.15) is 12.5 Å². The highest BCUT2D eigenvalue weighted by molar-refractivity contribution is 7.80. The summed E-state index contributed by atoms with van der Waals surface area (Å²) in [6, 6.07) is 5.43. The smallest absolute Gasteiger partial charge is 0.134 e. The maximum Gasteiger partial charge on any atom is 0.134 e. The molecule has 0 aliphatic heterocycles. The van der Waals surface area contributed by atoms with E-state index in [1.54, 1.807) is 13.0 Å². The van der Waals surface area contributed by atoms with E-state index in [1.807, 2.05) is 12.1 Å². The molecule has 12 heavy (non-hydrogen) atoms. The van der Waals surface area contributed by atoms with E-state index in [0.29, 0.717) is 12.1 Å². The second kappa shape index (κ2) is 3.63. The van der Waals surface area contributed by atoms with Crippen LogP contribution in [0.4, 0.5) is 5.69 Å². The fraction of sp³-hybridized carbons (Fsp3) is 0.222. The number of anilines is 1. The van der Waals surface area contributed by atoms with Crippen molar-refractivity contribution in [1.82, 2.24) is 0 Å². The topological polar surface area (TPSA) is 43.1 Å². The third-order valence-electron chi connectivity index (χ3n) is 1.61. The van der Waals surface area contributed by atoms with Gasteiger partial charge in [0, 0.05) is 17.0 Å². The Balaban J connectivity index is 3.04. The van der Waals surface area contributed by atoms with Crippen LogP contribution in [0.15, 0.2) is 23.1 Å². The molecule has 0 atom stereocenters. The van der Waals surface area contributed by atoms with Crippen LogP contribution < -0.4 is 5.73 Å². The highest BCUT2D eigenvalue weighted by atomic mass is 32.1. The Hall–Kier alpha value is -0.960.